The molecule has 0 radical (unpaired) electrons. The Morgan fingerprint density at radius 1 is 1.15 bits per heavy atom. The molecule has 1 aromatic heterocycles. The van der Waals surface area contributed by atoms with E-state index in [0.29, 0.717) is 31.0 Å². The Balaban J connectivity index is 1.76. The molecule has 0 aliphatic carbocycles. The minimum absolute atomic E-state index is 0.0659. The molecule has 9 heteroatoms. The second-order valence-electron chi connectivity index (χ2n) is 5.62. The van der Waals surface area contributed by atoms with Gasteiger partial charge in [0.25, 0.3) is 0 Å². The van der Waals surface area contributed by atoms with Crippen LogP contribution in [0, 0.1) is 0 Å². The summed E-state index contributed by atoms with van der Waals surface area (Å²) in [7, 11) is -1.65. The molecule has 0 fully saturated rings. The van der Waals surface area contributed by atoms with Crippen molar-refractivity contribution in [3.8, 4) is 11.4 Å². The molecule has 8 nitrogen and oxygen atoms in total. The maximum atomic E-state index is 11.9. The van der Waals surface area contributed by atoms with Gasteiger partial charge in [-0.25, -0.2) is 27.5 Å². The third kappa shape index (κ3) is 5.78. The second kappa shape index (κ2) is 9.25. The number of nitrogens with zero attached hydrogens (tertiary/aromatic N) is 3. The first-order valence-electron chi connectivity index (χ1n) is 8.28. The molecule has 0 aliphatic heterocycles. The number of sulfonamides is 1. The van der Waals surface area contributed by atoms with Crippen LogP contribution in [0.15, 0.2) is 42.7 Å². The molecule has 0 bridgehead atoms. The van der Waals surface area contributed by atoms with Gasteiger partial charge >= 0.3 is 6.03 Å². The number of anilines is 1. The van der Waals surface area contributed by atoms with E-state index in [9.17, 15) is 13.2 Å². The Hall–Kier alpha value is -2.52. The largest absolute Gasteiger partial charge is 0.338 e. The molecule has 0 spiro atoms. The van der Waals surface area contributed by atoms with Crippen LogP contribution in [-0.2, 0) is 10.0 Å². The van der Waals surface area contributed by atoms with E-state index in [1.54, 1.807) is 6.92 Å². The highest BCUT2D eigenvalue weighted by Gasteiger charge is 2.14. The average Bonchev–Trinajstić information content (AvgIpc) is 2.66. The van der Waals surface area contributed by atoms with Gasteiger partial charge in [-0.2, -0.15) is 0 Å². The topological polar surface area (TPSA) is 104 Å². The fraction of sp³-hybridized carbons (Fsp3) is 0.353. The van der Waals surface area contributed by atoms with Gasteiger partial charge in [0, 0.05) is 25.7 Å². The van der Waals surface area contributed by atoms with Crippen molar-refractivity contribution < 1.29 is 13.2 Å². The van der Waals surface area contributed by atoms with Crippen molar-refractivity contribution in [1.29, 1.82) is 0 Å². The van der Waals surface area contributed by atoms with Gasteiger partial charge in [0.15, 0.2) is 5.82 Å². The van der Waals surface area contributed by atoms with Crippen molar-refractivity contribution in [3.63, 3.8) is 0 Å². The molecule has 0 atom stereocenters. The molecule has 0 saturated heterocycles. The lowest BCUT2D eigenvalue weighted by Crippen LogP contribution is -2.34. The minimum Gasteiger partial charge on any atom is -0.338 e. The lowest BCUT2D eigenvalue weighted by atomic mass is 10.2. The Kier molecular flexibility index (Phi) is 7.05. The fourth-order valence-corrected chi connectivity index (χ4v) is 3.02. The van der Waals surface area contributed by atoms with E-state index in [0.717, 1.165) is 5.56 Å². The first-order chi connectivity index (χ1) is 12.4. The number of hydrogen-bond acceptors (Lipinski definition) is 5. The summed E-state index contributed by atoms with van der Waals surface area (Å²) in [6.45, 7) is 2.31. The Morgan fingerprint density at radius 3 is 2.42 bits per heavy atom. The lowest BCUT2D eigenvalue weighted by molar-refractivity contribution is 0.251. The van der Waals surface area contributed by atoms with E-state index >= 15 is 0 Å². The molecule has 0 saturated carbocycles. The van der Waals surface area contributed by atoms with E-state index in [2.05, 4.69) is 20.6 Å². The van der Waals surface area contributed by atoms with Crippen molar-refractivity contribution in [2.24, 2.45) is 0 Å². The molecule has 1 aromatic carbocycles. The first kappa shape index (κ1) is 19.8. The van der Waals surface area contributed by atoms with Crippen LogP contribution in [-0.4, -0.2) is 54.6 Å². The average molecular weight is 377 g/mol. The third-order valence-corrected chi connectivity index (χ3v) is 5.58. The van der Waals surface area contributed by atoms with Gasteiger partial charge in [0.1, 0.15) is 0 Å². The van der Waals surface area contributed by atoms with Crippen LogP contribution in [0.1, 0.15) is 13.3 Å². The summed E-state index contributed by atoms with van der Waals surface area (Å²) in [4.78, 5) is 20.3. The van der Waals surface area contributed by atoms with Crippen LogP contribution in [0.5, 0.6) is 0 Å². The smallest absolute Gasteiger partial charge is 0.319 e. The number of rotatable bonds is 8. The molecule has 2 amide bonds. The number of aromatic nitrogens is 2. The number of hydrogen-bond donors (Lipinski definition) is 2. The summed E-state index contributed by atoms with van der Waals surface area (Å²) in [5, 5.41) is 5.32. The number of benzene rings is 1. The number of carbonyl (C=O) groups excluding carboxylic acids is 1. The SMILES string of the molecule is CCS(=O)(=O)N(C)CCCNC(=O)Nc1cnc(-c2ccccc2)nc1. The zero-order valence-electron chi connectivity index (χ0n) is 14.8. The highest BCUT2D eigenvalue weighted by molar-refractivity contribution is 7.89. The van der Waals surface area contributed by atoms with Crippen LogP contribution >= 0.6 is 0 Å². The summed E-state index contributed by atoms with van der Waals surface area (Å²) in [6, 6.07) is 9.15. The lowest BCUT2D eigenvalue weighted by Gasteiger charge is -2.15. The predicted octanol–water partition coefficient (Wildman–Crippen LogP) is 1.94. The fourth-order valence-electron chi connectivity index (χ4n) is 2.17. The van der Waals surface area contributed by atoms with Crippen LogP contribution in [0.3, 0.4) is 0 Å². The normalized spacial score (nSPS) is 11.3. The van der Waals surface area contributed by atoms with E-state index in [1.165, 1.54) is 23.7 Å². The zero-order valence-corrected chi connectivity index (χ0v) is 15.7. The van der Waals surface area contributed by atoms with Crippen molar-refractivity contribution in [2.45, 2.75) is 13.3 Å². The number of amides is 2. The Morgan fingerprint density at radius 2 is 1.81 bits per heavy atom. The molecule has 140 valence electrons. The third-order valence-electron chi connectivity index (χ3n) is 3.72. The van der Waals surface area contributed by atoms with Crippen LogP contribution in [0.25, 0.3) is 11.4 Å². The maximum Gasteiger partial charge on any atom is 0.319 e. The predicted molar refractivity (Wildman–Crippen MR) is 101 cm³/mol. The van der Waals surface area contributed by atoms with E-state index in [-0.39, 0.29) is 11.8 Å². The van der Waals surface area contributed by atoms with E-state index < -0.39 is 10.0 Å². The summed E-state index contributed by atoms with van der Waals surface area (Å²) in [6.07, 6.45) is 3.60. The molecule has 0 aliphatic rings. The molecule has 1 heterocycles. The van der Waals surface area contributed by atoms with Gasteiger partial charge in [0.05, 0.1) is 23.8 Å². The van der Waals surface area contributed by atoms with Crippen LogP contribution in [0.4, 0.5) is 10.5 Å². The molecule has 0 unspecified atom stereocenters. The standard InChI is InChI=1S/C17H23N5O3S/c1-3-26(24,25)22(2)11-7-10-18-17(23)21-15-12-19-16(20-13-15)14-8-5-4-6-9-14/h4-6,8-9,12-13H,3,7,10-11H2,1-2H3,(H2,18,21,23). The molecular formula is C17H23N5O3S. The first-order valence-corrected chi connectivity index (χ1v) is 9.89. The van der Waals surface area contributed by atoms with Gasteiger partial charge in [0.2, 0.25) is 10.0 Å². The highest BCUT2D eigenvalue weighted by Crippen LogP contribution is 2.14. The Bertz CT molecular complexity index is 810. The van der Waals surface area contributed by atoms with Crippen molar-refractivity contribution in [3.05, 3.63) is 42.7 Å². The quantitative estimate of drug-likeness (QED) is 0.684. The van der Waals surface area contributed by atoms with E-state index in [1.807, 2.05) is 30.3 Å². The maximum absolute atomic E-state index is 11.9. The summed E-state index contributed by atoms with van der Waals surface area (Å²) in [5.41, 5.74) is 1.38. The van der Waals surface area contributed by atoms with Gasteiger partial charge in [-0.05, 0) is 13.3 Å². The summed E-state index contributed by atoms with van der Waals surface area (Å²) in [5.74, 6) is 0.646. The monoisotopic (exact) mass is 377 g/mol. The van der Waals surface area contributed by atoms with Gasteiger partial charge in [-0.1, -0.05) is 30.3 Å². The van der Waals surface area contributed by atoms with E-state index in [4.69, 9.17) is 0 Å². The van der Waals surface area contributed by atoms with Gasteiger partial charge in [-0.3, -0.25) is 0 Å². The number of carbonyl (C=O) groups is 1. The van der Waals surface area contributed by atoms with Crippen molar-refractivity contribution >= 4 is 21.7 Å². The summed E-state index contributed by atoms with van der Waals surface area (Å²) >= 11 is 0. The molecule has 2 rings (SSSR count). The second-order valence-corrected chi connectivity index (χ2v) is 7.98. The number of urea groups is 1. The molecule has 26 heavy (non-hydrogen) atoms. The van der Waals surface area contributed by atoms with Crippen LogP contribution < -0.4 is 10.6 Å². The van der Waals surface area contributed by atoms with Gasteiger partial charge in [-0.15, -0.1) is 0 Å². The molecule has 2 aromatic rings. The number of nitrogens with one attached hydrogen (secondary N) is 2. The van der Waals surface area contributed by atoms with Crippen LogP contribution in [0.2, 0.25) is 0 Å². The molecular weight excluding hydrogens is 354 g/mol. The molecule has 2 N–H and O–H groups in total. The summed E-state index contributed by atoms with van der Waals surface area (Å²) < 4.78 is 24.5. The zero-order chi connectivity index (χ0) is 19.0. The Labute approximate surface area is 153 Å². The minimum atomic E-state index is -3.19. The van der Waals surface area contributed by atoms with Gasteiger partial charge < -0.3 is 10.6 Å². The van der Waals surface area contributed by atoms with Crippen molar-refractivity contribution in [1.82, 2.24) is 19.6 Å². The van der Waals surface area contributed by atoms with Crippen molar-refractivity contribution in [2.75, 3.05) is 31.2 Å². The highest BCUT2D eigenvalue weighted by atomic mass is 32.2.